The molecule has 5 nitrogen and oxygen atoms in total. The van der Waals surface area contributed by atoms with E-state index in [0.29, 0.717) is 25.1 Å². The molecule has 0 aliphatic carbocycles. The van der Waals surface area contributed by atoms with Gasteiger partial charge in [-0.25, -0.2) is 4.39 Å². The van der Waals surface area contributed by atoms with Crippen LogP contribution in [0.2, 0.25) is 10.0 Å². The number of likely N-dealkylation sites (N-methyl/N-ethyl adjacent to an activating group) is 1. The Kier molecular flexibility index (Phi) is 5.66. The minimum atomic E-state index is -0.957. The molecule has 0 aromatic heterocycles. The maximum absolute atomic E-state index is 15.1. The Bertz CT molecular complexity index is 1120. The molecule has 0 unspecified atom stereocenters. The van der Waals surface area contributed by atoms with E-state index in [1.165, 1.54) is 12.1 Å². The topological polar surface area (TPSA) is 52.7 Å². The minimum absolute atomic E-state index is 0.00623. The van der Waals surface area contributed by atoms with Crippen molar-refractivity contribution in [3.05, 3.63) is 57.3 Å². The summed E-state index contributed by atoms with van der Waals surface area (Å²) in [7, 11) is 1.75. The van der Waals surface area contributed by atoms with Crippen LogP contribution in [-0.4, -0.2) is 36.9 Å². The maximum Gasteiger partial charge on any atom is 0.236 e. The van der Waals surface area contributed by atoms with Crippen molar-refractivity contribution in [2.24, 2.45) is 0 Å². The van der Waals surface area contributed by atoms with Crippen molar-refractivity contribution in [1.29, 1.82) is 0 Å². The first-order chi connectivity index (χ1) is 15.0. The van der Waals surface area contributed by atoms with Gasteiger partial charge in [0, 0.05) is 43.5 Å². The van der Waals surface area contributed by atoms with E-state index in [1.54, 1.807) is 23.8 Å². The van der Waals surface area contributed by atoms with E-state index >= 15 is 4.39 Å². The fourth-order valence-electron chi connectivity index (χ4n) is 4.92. The highest BCUT2D eigenvalue weighted by Crippen LogP contribution is 2.46. The van der Waals surface area contributed by atoms with Crippen molar-refractivity contribution in [3.63, 3.8) is 0 Å². The van der Waals surface area contributed by atoms with Gasteiger partial charge in [0.25, 0.3) is 0 Å². The van der Waals surface area contributed by atoms with Crippen molar-refractivity contribution in [3.8, 4) is 0 Å². The van der Waals surface area contributed by atoms with Gasteiger partial charge in [-0.3, -0.25) is 9.59 Å². The molecule has 2 aliphatic rings. The number of carbonyl (C=O) groups excluding carboxylic acids is 2. The summed E-state index contributed by atoms with van der Waals surface area (Å²) in [6.45, 7) is 6.33. The zero-order chi connectivity index (χ0) is 23.4. The lowest BCUT2D eigenvalue weighted by molar-refractivity contribution is -0.130. The monoisotopic (exact) mass is 477 g/mol. The van der Waals surface area contributed by atoms with Gasteiger partial charge in [0.2, 0.25) is 11.8 Å². The zero-order valence-electron chi connectivity index (χ0n) is 18.6. The summed E-state index contributed by atoms with van der Waals surface area (Å²) in [5.74, 6) is -0.468. The van der Waals surface area contributed by atoms with Gasteiger partial charge >= 0.3 is 0 Å². The van der Waals surface area contributed by atoms with Crippen LogP contribution in [0.4, 0.5) is 15.8 Å². The number of benzene rings is 2. The molecule has 1 N–H and O–H groups in total. The molecule has 0 radical (unpaired) electrons. The lowest BCUT2D eigenvalue weighted by Gasteiger charge is -2.34. The van der Waals surface area contributed by atoms with Crippen LogP contribution in [0.25, 0.3) is 0 Å². The molecule has 0 bridgehead atoms. The minimum Gasteiger partial charge on any atom is -0.373 e. The Labute approximate surface area is 197 Å². The predicted molar refractivity (Wildman–Crippen MR) is 126 cm³/mol. The van der Waals surface area contributed by atoms with Gasteiger partial charge in [-0.05, 0) is 50.1 Å². The second-order valence-corrected chi connectivity index (χ2v) is 9.85. The van der Waals surface area contributed by atoms with Crippen LogP contribution in [0.15, 0.2) is 30.3 Å². The number of likely N-dealkylation sites (tertiary alicyclic amines) is 1. The van der Waals surface area contributed by atoms with Crippen LogP contribution in [-0.2, 0) is 20.5 Å². The van der Waals surface area contributed by atoms with Gasteiger partial charge in [-0.1, -0.05) is 36.2 Å². The molecule has 2 amide bonds. The summed E-state index contributed by atoms with van der Waals surface area (Å²) < 4.78 is 15.1. The summed E-state index contributed by atoms with van der Waals surface area (Å²) in [6.07, 6.45) is 0.829. The van der Waals surface area contributed by atoms with E-state index in [2.05, 4.69) is 5.32 Å². The molecule has 2 heterocycles. The third-order valence-corrected chi connectivity index (χ3v) is 7.51. The first kappa shape index (κ1) is 22.9. The van der Waals surface area contributed by atoms with Gasteiger partial charge < -0.3 is 15.1 Å². The summed E-state index contributed by atoms with van der Waals surface area (Å²) in [4.78, 5) is 28.5. The molecule has 8 heteroatoms. The number of hydrogen-bond acceptors (Lipinski definition) is 3. The molecule has 4 rings (SSSR count). The molecule has 1 atom stereocenters. The van der Waals surface area contributed by atoms with E-state index in [9.17, 15) is 9.59 Å². The fraction of sp³-hybridized carbons (Fsp3) is 0.417. The number of amides is 2. The normalized spacial score (nSPS) is 21.8. The van der Waals surface area contributed by atoms with Gasteiger partial charge in [0.1, 0.15) is 5.82 Å². The van der Waals surface area contributed by atoms with Crippen molar-refractivity contribution < 1.29 is 14.0 Å². The van der Waals surface area contributed by atoms with Crippen LogP contribution >= 0.6 is 23.2 Å². The summed E-state index contributed by atoms with van der Waals surface area (Å²) >= 11 is 12.7. The predicted octanol–water partition coefficient (Wildman–Crippen LogP) is 5.34. The highest BCUT2D eigenvalue weighted by atomic mass is 35.5. The number of halogens is 3. The lowest BCUT2D eigenvalue weighted by Crippen LogP contribution is -2.41. The SMILES string of the molecule is CCC(=O)N1CC[C@@](Nc2ccc3c(c2)N(C)C(=O)C3(C)C)(c2c(F)ccc(Cl)c2Cl)C1. The first-order valence-corrected chi connectivity index (χ1v) is 11.4. The fourth-order valence-corrected chi connectivity index (χ4v) is 5.41. The van der Waals surface area contributed by atoms with Crippen molar-refractivity contribution in [2.45, 2.75) is 44.6 Å². The molecule has 0 spiro atoms. The standard InChI is InChI=1S/C24H26Cl2FN3O2/c1-5-19(31)30-11-10-24(13-30,20-17(27)9-8-16(25)21(20)26)28-14-6-7-15-18(12-14)29(4)22(32)23(15,2)3/h6-9,12,28H,5,10-11,13H2,1-4H3/t24-/m0/s1. The Hall–Kier alpha value is -2.31. The number of carbonyl (C=O) groups is 2. The number of anilines is 2. The Morgan fingerprint density at radius 1 is 1.22 bits per heavy atom. The largest absolute Gasteiger partial charge is 0.373 e. The van der Waals surface area contributed by atoms with E-state index in [-0.39, 0.29) is 34.0 Å². The summed E-state index contributed by atoms with van der Waals surface area (Å²) in [6, 6.07) is 8.43. The van der Waals surface area contributed by atoms with Crippen LogP contribution in [0.5, 0.6) is 0 Å². The Morgan fingerprint density at radius 2 is 1.94 bits per heavy atom. The Balaban J connectivity index is 1.80. The average Bonchev–Trinajstić information content (AvgIpc) is 3.25. The van der Waals surface area contributed by atoms with Gasteiger partial charge in [-0.2, -0.15) is 0 Å². The third-order valence-electron chi connectivity index (χ3n) is 6.70. The molecule has 1 saturated heterocycles. The van der Waals surface area contributed by atoms with E-state index in [0.717, 1.165) is 11.3 Å². The highest BCUT2D eigenvalue weighted by molar-refractivity contribution is 6.42. The molecule has 2 aliphatic heterocycles. The summed E-state index contributed by atoms with van der Waals surface area (Å²) in [5, 5.41) is 3.86. The number of hydrogen-bond donors (Lipinski definition) is 1. The second kappa shape index (κ2) is 7.92. The summed E-state index contributed by atoms with van der Waals surface area (Å²) in [5.41, 5.74) is 1.14. The van der Waals surface area contributed by atoms with Crippen LogP contribution in [0, 0.1) is 5.82 Å². The zero-order valence-corrected chi connectivity index (χ0v) is 20.1. The van der Waals surface area contributed by atoms with Crippen LogP contribution < -0.4 is 10.2 Å². The number of nitrogens with one attached hydrogen (secondary N) is 1. The quantitative estimate of drug-likeness (QED) is 0.604. The van der Waals surface area contributed by atoms with E-state index in [4.69, 9.17) is 23.2 Å². The van der Waals surface area contributed by atoms with E-state index in [1.807, 2.05) is 32.0 Å². The molecular formula is C24H26Cl2FN3O2. The van der Waals surface area contributed by atoms with Gasteiger partial charge in [-0.15, -0.1) is 0 Å². The highest BCUT2D eigenvalue weighted by Gasteiger charge is 2.46. The van der Waals surface area contributed by atoms with Crippen LogP contribution in [0.1, 0.15) is 44.7 Å². The van der Waals surface area contributed by atoms with Crippen molar-refractivity contribution >= 4 is 46.4 Å². The third kappa shape index (κ3) is 3.44. The van der Waals surface area contributed by atoms with E-state index < -0.39 is 16.8 Å². The van der Waals surface area contributed by atoms with Crippen molar-refractivity contribution in [2.75, 3.05) is 30.4 Å². The number of fused-ring (bicyclic) bond motifs is 1. The lowest BCUT2D eigenvalue weighted by atomic mass is 9.85. The molecule has 32 heavy (non-hydrogen) atoms. The van der Waals surface area contributed by atoms with Gasteiger partial charge in [0.15, 0.2) is 0 Å². The first-order valence-electron chi connectivity index (χ1n) is 10.6. The second-order valence-electron chi connectivity index (χ2n) is 9.07. The van der Waals surface area contributed by atoms with Crippen molar-refractivity contribution in [1.82, 2.24) is 4.90 Å². The molecule has 0 saturated carbocycles. The average molecular weight is 478 g/mol. The smallest absolute Gasteiger partial charge is 0.236 e. The number of nitrogens with zero attached hydrogens (tertiary/aromatic N) is 2. The molecule has 170 valence electrons. The van der Waals surface area contributed by atoms with Gasteiger partial charge in [0.05, 0.1) is 21.0 Å². The number of rotatable bonds is 4. The molecule has 2 aromatic carbocycles. The molecular weight excluding hydrogens is 452 g/mol. The maximum atomic E-state index is 15.1. The van der Waals surface area contributed by atoms with Crippen LogP contribution in [0.3, 0.4) is 0 Å². The molecule has 2 aromatic rings. The Morgan fingerprint density at radius 3 is 2.62 bits per heavy atom. The molecule has 1 fully saturated rings.